The highest BCUT2D eigenvalue weighted by molar-refractivity contribution is 6.64. The number of amidine groups is 1. The van der Waals surface area contributed by atoms with Crippen LogP contribution in [0.1, 0.15) is 6.42 Å². The van der Waals surface area contributed by atoms with Crippen LogP contribution in [-0.2, 0) is 0 Å². The lowest BCUT2D eigenvalue weighted by atomic mass is 10.2. The second kappa shape index (κ2) is 3.42. The molecule has 0 bridgehead atoms. The molecular weight excluding hydrogens is 148 g/mol. The van der Waals surface area contributed by atoms with Crippen LogP contribution in [0.4, 0.5) is 0 Å². The summed E-state index contributed by atoms with van der Waals surface area (Å²) in [6.45, 7) is 3.61. The van der Waals surface area contributed by atoms with Crippen molar-refractivity contribution >= 4 is 16.9 Å². The summed E-state index contributed by atoms with van der Waals surface area (Å²) in [5, 5.41) is 3.22. The summed E-state index contributed by atoms with van der Waals surface area (Å²) >= 11 is 5.60. The van der Waals surface area contributed by atoms with Crippen LogP contribution in [0.5, 0.6) is 0 Å². The lowest BCUT2D eigenvalue weighted by Gasteiger charge is -2.10. The van der Waals surface area contributed by atoms with E-state index in [2.05, 4.69) is 16.9 Å². The number of hydrogen-bond acceptors (Lipinski definition) is 2. The highest BCUT2D eigenvalue weighted by atomic mass is 35.5. The molecule has 1 N–H and O–H groups in total. The molecule has 10 heavy (non-hydrogen) atoms. The van der Waals surface area contributed by atoms with Crippen LogP contribution in [0.3, 0.4) is 0 Å². The van der Waals surface area contributed by atoms with E-state index in [0.717, 1.165) is 6.42 Å². The minimum absolute atomic E-state index is 0.172. The monoisotopic (exact) mass is 156 g/mol. The fraction of sp³-hybridized carbons (Fsp3) is 0.286. The zero-order valence-electron chi connectivity index (χ0n) is 5.55. The Labute approximate surface area is 65.3 Å². The average Bonchev–Trinajstić information content (AvgIpc) is 1.88. The van der Waals surface area contributed by atoms with E-state index in [0.29, 0.717) is 5.29 Å². The molecule has 0 aromatic carbocycles. The Bertz CT molecular complexity index is 184. The molecule has 0 saturated heterocycles. The Kier molecular flexibility index (Phi) is 2.51. The average molecular weight is 157 g/mol. The maximum Gasteiger partial charge on any atom is 0.195 e. The molecule has 54 valence electrons. The van der Waals surface area contributed by atoms with Gasteiger partial charge in [0, 0.05) is 6.20 Å². The van der Waals surface area contributed by atoms with Crippen molar-refractivity contribution in [2.24, 2.45) is 4.99 Å². The molecule has 0 saturated carbocycles. The van der Waals surface area contributed by atoms with Gasteiger partial charge in [0.2, 0.25) is 0 Å². The number of nitrogens with zero attached hydrogens (tertiary/aromatic N) is 1. The van der Waals surface area contributed by atoms with Gasteiger partial charge in [-0.1, -0.05) is 6.08 Å². The summed E-state index contributed by atoms with van der Waals surface area (Å²) in [7, 11) is 0. The van der Waals surface area contributed by atoms with Gasteiger partial charge in [-0.25, -0.2) is 4.99 Å². The molecule has 1 aliphatic heterocycles. The van der Waals surface area contributed by atoms with Crippen molar-refractivity contribution in [2.75, 3.05) is 0 Å². The van der Waals surface area contributed by atoms with E-state index in [9.17, 15) is 0 Å². The third kappa shape index (κ3) is 1.88. The van der Waals surface area contributed by atoms with Crippen molar-refractivity contribution in [2.45, 2.75) is 12.5 Å². The molecule has 0 amide bonds. The Morgan fingerprint density at radius 3 is 3.30 bits per heavy atom. The van der Waals surface area contributed by atoms with Gasteiger partial charge in [-0.05, 0) is 24.1 Å². The van der Waals surface area contributed by atoms with E-state index in [-0.39, 0.29) is 6.04 Å². The number of hydrogen-bond donors (Lipinski definition) is 1. The molecule has 0 spiro atoms. The number of aliphatic imine (C=N–C) groups is 1. The third-order valence-corrected chi connectivity index (χ3v) is 1.41. The van der Waals surface area contributed by atoms with Crippen LogP contribution >= 0.6 is 11.6 Å². The molecule has 1 unspecified atom stereocenters. The van der Waals surface area contributed by atoms with E-state index in [1.165, 1.54) is 0 Å². The van der Waals surface area contributed by atoms with E-state index < -0.39 is 0 Å². The van der Waals surface area contributed by atoms with E-state index >= 15 is 0 Å². The quantitative estimate of drug-likeness (QED) is 0.477. The summed E-state index contributed by atoms with van der Waals surface area (Å²) in [4.78, 5) is 4.08. The van der Waals surface area contributed by atoms with Crippen molar-refractivity contribution < 1.29 is 0 Å². The van der Waals surface area contributed by atoms with Crippen LogP contribution in [0, 0.1) is 0 Å². The number of rotatable bonds is 2. The molecule has 0 fully saturated rings. The molecule has 0 aliphatic carbocycles. The minimum Gasteiger partial charge on any atom is -0.337 e. The van der Waals surface area contributed by atoms with E-state index in [4.69, 9.17) is 11.6 Å². The summed E-state index contributed by atoms with van der Waals surface area (Å²) in [5.74, 6) is 0. The second-order valence-corrected chi connectivity index (χ2v) is 2.37. The van der Waals surface area contributed by atoms with Gasteiger partial charge in [0.25, 0.3) is 0 Å². The van der Waals surface area contributed by atoms with Crippen LogP contribution in [-0.4, -0.2) is 11.3 Å². The van der Waals surface area contributed by atoms with Crippen molar-refractivity contribution in [1.29, 1.82) is 0 Å². The molecule has 1 rings (SSSR count). The van der Waals surface area contributed by atoms with Gasteiger partial charge in [0.1, 0.15) is 0 Å². The minimum atomic E-state index is 0.172. The standard InChI is InChI=1S/C7H9ClN2/c1-2-3-6-4-5-9-7(8)10-6/h2,4-6H,1,3H2,(H,9,10). The molecule has 0 aromatic heterocycles. The van der Waals surface area contributed by atoms with Gasteiger partial charge in [-0.15, -0.1) is 6.58 Å². The van der Waals surface area contributed by atoms with Crippen LogP contribution in [0.25, 0.3) is 0 Å². The zero-order chi connectivity index (χ0) is 7.40. The van der Waals surface area contributed by atoms with Crippen LogP contribution in [0.2, 0.25) is 0 Å². The molecule has 2 nitrogen and oxygen atoms in total. The maximum absolute atomic E-state index is 5.60. The van der Waals surface area contributed by atoms with Crippen molar-refractivity contribution in [3.05, 3.63) is 24.9 Å². The Morgan fingerprint density at radius 2 is 2.70 bits per heavy atom. The molecular formula is C7H9ClN2. The molecule has 0 aromatic rings. The first kappa shape index (κ1) is 7.35. The summed E-state index contributed by atoms with van der Waals surface area (Å²) in [5.41, 5.74) is 0. The first-order chi connectivity index (χ1) is 4.83. The molecule has 0 radical (unpaired) electrons. The largest absolute Gasteiger partial charge is 0.337 e. The third-order valence-electron chi connectivity index (χ3n) is 1.21. The first-order valence-electron chi connectivity index (χ1n) is 3.10. The zero-order valence-corrected chi connectivity index (χ0v) is 6.30. The van der Waals surface area contributed by atoms with Gasteiger partial charge in [-0.2, -0.15) is 0 Å². The highest BCUT2D eigenvalue weighted by Gasteiger charge is 2.04. The van der Waals surface area contributed by atoms with Crippen molar-refractivity contribution in [1.82, 2.24) is 5.32 Å². The fourth-order valence-corrected chi connectivity index (χ4v) is 0.944. The SMILES string of the molecule is C=CCC1C=CNC(Cl)=N1. The normalized spacial score (nSPS) is 23.3. The molecule has 1 aliphatic rings. The fourth-order valence-electron chi connectivity index (χ4n) is 0.756. The predicted molar refractivity (Wildman–Crippen MR) is 44.2 cm³/mol. The number of nitrogens with one attached hydrogen (secondary N) is 1. The molecule has 1 heterocycles. The smallest absolute Gasteiger partial charge is 0.195 e. The molecule has 3 heteroatoms. The van der Waals surface area contributed by atoms with Crippen molar-refractivity contribution in [3.8, 4) is 0 Å². The Hall–Kier alpha value is -0.760. The van der Waals surface area contributed by atoms with Gasteiger partial charge in [-0.3, -0.25) is 0 Å². The van der Waals surface area contributed by atoms with Crippen molar-refractivity contribution in [3.63, 3.8) is 0 Å². The highest BCUT2D eigenvalue weighted by Crippen LogP contribution is 2.05. The van der Waals surface area contributed by atoms with Gasteiger partial charge >= 0.3 is 0 Å². The second-order valence-electron chi connectivity index (χ2n) is 2.02. The van der Waals surface area contributed by atoms with E-state index in [1.54, 1.807) is 6.20 Å². The topological polar surface area (TPSA) is 24.4 Å². The number of halogens is 1. The van der Waals surface area contributed by atoms with Gasteiger partial charge in [0.05, 0.1) is 6.04 Å². The molecule has 1 atom stereocenters. The van der Waals surface area contributed by atoms with Gasteiger partial charge in [0.15, 0.2) is 5.29 Å². The predicted octanol–water partition coefficient (Wildman–Crippen LogP) is 1.64. The lowest BCUT2D eigenvalue weighted by Crippen LogP contribution is -2.19. The lowest BCUT2D eigenvalue weighted by molar-refractivity contribution is 0.815. The Morgan fingerprint density at radius 1 is 1.90 bits per heavy atom. The van der Waals surface area contributed by atoms with Crippen LogP contribution in [0.15, 0.2) is 29.9 Å². The Balaban J connectivity index is 2.52. The maximum atomic E-state index is 5.60. The summed E-state index contributed by atoms with van der Waals surface area (Å²) in [6.07, 6.45) is 6.42. The summed E-state index contributed by atoms with van der Waals surface area (Å²) in [6, 6.07) is 0.172. The first-order valence-corrected chi connectivity index (χ1v) is 3.48. The summed E-state index contributed by atoms with van der Waals surface area (Å²) < 4.78 is 0. The van der Waals surface area contributed by atoms with E-state index in [1.807, 2.05) is 12.2 Å². The van der Waals surface area contributed by atoms with Gasteiger partial charge < -0.3 is 5.32 Å². The van der Waals surface area contributed by atoms with Crippen LogP contribution < -0.4 is 5.32 Å².